The lowest BCUT2D eigenvalue weighted by Gasteiger charge is -2.55. The maximum absolute atomic E-state index is 12.0. The molecule has 2 unspecified atom stereocenters. The van der Waals surface area contributed by atoms with E-state index in [1.807, 2.05) is 0 Å². The van der Waals surface area contributed by atoms with Gasteiger partial charge in [0, 0.05) is 6.92 Å². The first-order valence-corrected chi connectivity index (χ1v) is 8.06. The molecule has 0 bridgehead atoms. The van der Waals surface area contributed by atoms with Crippen LogP contribution in [0.15, 0.2) is 0 Å². The number of hydrogen-bond donors (Lipinski definition) is 5. The summed E-state index contributed by atoms with van der Waals surface area (Å²) in [4.78, 5) is 46.7. The van der Waals surface area contributed by atoms with Gasteiger partial charge in [-0.2, -0.15) is 0 Å². The Morgan fingerprint density at radius 1 is 0.778 bits per heavy atom. The van der Waals surface area contributed by atoms with Gasteiger partial charge in [-0.15, -0.1) is 0 Å². The number of rotatable bonds is 9. The van der Waals surface area contributed by atoms with Gasteiger partial charge in [-0.25, -0.2) is 0 Å². The number of aliphatic hydroxyl groups excluding tert-OH is 1. The van der Waals surface area contributed by atoms with Crippen LogP contribution in [0.4, 0.5) is 0 Å². The highest BCUT2D eigenvalue weighted by Crippen LogP contribution is 2.44. The number of aliphatic hydroxyl groups is 5. The Labute approximate surface area is 156 Å². The zero-order valence-corrected chi connectivity index (χ0v) is 16.4. The molecule has 5 N–H and O–H groups in total. The predicted octanol–water partition coefficient (Wildman–Crippen LogP) is -1.97. The number of ketones is 3. The molecule has 156 valence electrons. The van der Waals surface area contributed by atoms with Crippen LogP contribution in [0.3, 0.4) is 0 Å². The van der Waals surface area contributed by atoms with Crippen molar-refractivity contribution < 1.29 is 49.4 Å². The predicted molar refractivity (Wildman–Crippen MR) is 90.4 cm³/mol. The second-order valence-electron chi connectivity index (χ2n) is 7.23. The standard InChI is InChI=1S/C17H28O10/c1-8(18)12(22)17(26,10(3)20)16(7,25)15(6,24)14(5,23)13(9(2)19)27-11(4)21/h12-13,22-26H,1-7H3/t12?,13?,14-,15+,16-,17+/m0/s1. The minimum absolute atomic E-state index is 0.694. The van der Waals surface area contributed by atoms with Crippen LogP contribution in [-0.4, -0.2) is 83.5 Å². The van der Waals surface area contributed by atoms with Gasteiger partial charge >= 0.3 is 5.97 Å². The molecular formula is C17H28O10. The molecule has 0 saturated heterocycles. The van der Waals surface area contributed by atoms with E-state index in [2.05, 4.69) is 0 Å². The zero-order valence-electron chi connectivity index (χ0n) is 16.4. The smallest absolute Gasteiger partial charge is 0.303 e. The van der Waals surface area contributed by atoms with Gasteiger partial charge in [-0.3, -0.25) is 19.2 Å². The van der Waals surface area contributed by atoms with Crippen LogP contribution in [-0.2, 0) is 23.9 Å². The largest absolute Gasteiger partial charge is 0.451 e. The quantitative estimate of drug-likeness (QED) is 0.276. The molecule has 0 rings (SSSR count). The van der Waals surface area contributed by atoms with Gasteiger partial charge in [-0.1, -0.05) is 0 Å². The zero-order chi connectivity index (χ0) is 22.2. The number of Topliss-reactive ketones (excluding diaryl/α,β-unsaturated/α-hetero) is 3. The van der Waals surface area contributed by atoms with Crippen molar-refractivity contribution in [3.63, 3.8) is 0 Å². The van der Waals surface area contributed by atoms with Gasteiger partial charge in [0.2, 0.25) is 0 Å². The van der Waals surface area contributed by atoms with Gasteiger partial charge in [0.25, 0.3) is 0 Å². The molecule has 0 fully saturated rings. The fraction of sp³-hybridized carbons (Fsp3) is 0.765. The molecule has 0 spiro atoms. The molecule has 0 aromatic heterocycles. The maximum Gasteiger partial charge on any atom is 0.303 e. The van der Waals surface area contributed by atoms with Gasteiger partial charge < -0.3 is 30.3 Å². The lowest BCUT2D eigenvalue weighted by molar-refractivity contribution is -0.301. The van der Waals surface area contributed by atoms with Crippen molar-refractivity contribution in [2.75, 3.05) is 0 Å². The van der Waals surface area contributed by atoms with Crippen LogP contribution < -0.4 is 0 Å². The lowest BCUT2D eigenvalue weighted by atomic mass is 9.61. The molecular weight excluding hydrogens is 364 g/mol. The summed E-state index contributed by atoms with van der Waals surface area (Å²) in [6.07, 6.45) is -4.46. The molecule has 0 radical (unpaired) electrons. The first-order chi connectivity index (χ1) is 11.8. The average molecular weight is 392 g/mol. The highest BCUT2D eigenvalue weighted by atomic mass is 16.6. The summed E-state index contributed by atoms with van der Waals surface area (Å²) in [5.74, 6) is -4.30. The van der Waals surface area contributed by atoms with Crippen LogP contribution in [0.25, 0.3) is 0 Å². The highest BCUT2D eigenvalue weighted by molar-refractivity contribution is 5.95. The van der Waals surface area contributed by atoms with Crippen LogP contribution in [0.2, 0.25) is 0 Å². The molecule has 0 heterocycles. The first-order valence-electron chi connectivity index (χ1n) is 8.06. The van der Waals surface area contributed by atoms with Crippen molar-refractivity contribution in [3.8, 4) is 0 Å². The van der Waals surface area contributed by atoms with Crippen LogP contribution in [0, 0.1) is 0 Å². The molecule has 0 amide bonds. The average Bonchev–Trinajstić information content (AvgIpc) is 2.49. The van der Waals surface area contributed by atoms with E-state index < -0.39 is 57.9 Å². The highest BCUT2D eigenvalue weighted by Gasteiger charge is 2.70. The fourth-order valence-electron chi connectivity index (χ4n) is 2.97. The molecule has 6 atom stereocenters. The van der Waals surface area contributed by atoms with Crippen molar-refractivity contribution in [2.24, 2.45) is 0 Å². The van der Waals surface area contributed by atoms with Gasteiger partial charge in [0.15, 0.2) is 35.2 Å². The minimum atomic E-state index is -3.26. The molecule has 0 aliphatic heterocycles. The molecule has 0 saturated carbocycles. The first kappa shape index (κ1) is 25.3. The number of hydrogen-bond acceptors (Lipinski definition) is 10. The second-order valence-corrected chi connectivity index (χ2v) is 7.23. The SMILES string of the molecule is CC(=O)OC(C(C)=O)[C@](C)(O)[C@@](C)(O)[C@](C)(O)[C@@](O)(C(C)=O)C(O)C(C)=O. The Morgan fingerprint density at radius 2 is 1.19 bits per heavy atom. The van der Waals surface area contributed by atoms with Gasteiger partial charge in [0.1, 0.15) is 16.8 Å². The van der Waals surface area contributed by atoms with Crippen molar-refractivity contribution in [1.29, 1.82) is 0 Å². The number of carbonyl (C=O) groups excluding carboxylic acids is 4. The Hall–Kier alpha value is -1.72. The van der Waals surface area contributed by atoms with Gasteiger partial charge in [-0.05, 0) is 41.5 Å². The molecule has 0 aliphatic rings. The van der Waals surface area contributed by atoms with Gasteiger partial charge in [0.05, 0.1) is 0 Å². The monoisotopic (exact) mass is 392 g/mol. The normalized spacial score (nSPS) is 22.8. The number of carbonyl (C=O) groups is 4. The molecule has 10 heteroatoms. The molecule has 27 heavy (non-hydrogen) atoms. The molecule has 10 nitrogen and oxygen atoms in total. The summed E-state index contributed by atoms with van der Waals surface area (Å²) in [5, 5.41) is 53.4. The summed E-state index contributed by atoms with van der Waals surface area (Å²) in [6.45, 7) is 5.74. The number of esters is 1. The maximum atomic E-state index is 12.0. The Kier molecular flexibility index (Phi) is 7.23. The molecule has 0 aromatic carbocycles. The second kappa shape index (κ2) is 7.72. The van der Waals surface area contributed by atoms with E-state index >= 15 is 0 Å². The van der Waals surface area contributed by atoms with E-state index in [-0.39, 0.29) is 0 Å². The third-order valence-corrected chi connectivity index (χ3v) is 5.16. The minimum Gasteiger partial charge on any atom is -0.451 e. The van der Waals surface area contributed by atoms with E-state index in [4.69, 9.17) is 4.74 Å². The molecule has 0 aromatic rings. The van der Waals surface area contributed by atoms with Crippen molar-refractivity contribution in [1.82, 2.24) is 0 Å². The summed E-state index contributed by atoms with van der Waals surface area (Å²) in [7, 11) is 0. The van der Waals surface area contributed by atoms with E-state index in [1.165, 1.54) is 0 Å². The van der Waals surface area contributed by atoms with Crippen molar-refractivity contribution in [2.45, 2.75) is 83.1 Å². The molecule has 0 aliphatic carbocycles. The third kappa shape index (κ3) is 3.94. The third-order valence-electron chi connectivity index (χ3n) is 5.16. The summed E-state index contributed by atoms with van der Waals surface area (Å²) in [6, 6.07) is 0. The topological polar surface area (TPSA) is 179 Å². The Bertz CT molecular complexity index is 634. The summed E-state index contributed by atoms with van der Waals surface area (Å²) in [5.41, 5.74) is -12.1. The van der Waals surface area contributed by atoms with Crippen LogP contribution >= 0.6 is 0 Å². The fourth-order valence-corrected chi connectivity index (χ4v) is 2.97. The van der Waals surface area contributed by atoms with E-state index in [9.17, 15) is 44.7 Å². The summed E-state index contributed by atoms with van der Waals surface area (Å²) >= 11 is 0. The van der Waals surface area contributed by atoms with E-state index in [1.54, 1.807) is 0 Å². The van der Waals surface area contributed by atoms with Crippen LogP contribution in [0.5, 0.6) is 0 Å². The lowest BCUT2D eigenvalue weighted by Crippen LogP contribution is -2.80. The number of ether oxygens (including phenoxy) is 1. The Balaban J connectivity index is 6.64. The Morgan fingerprint density at radius 3 is 1.44 bits per heavy atom. The van der Waals surface area contributed by atoms with Crippen molar-refractivity contribution in [3.05, 3.63) is 0 Å². The summed E-state index contributed by atoms with van der Waals surface area (Å²) < 4.78 is 4.73. The van der Waals surface area contributed by atoms with Crippen molar-refractivity contribution >= 4 is 23.3 Å². The van der Waals surface area contributed by atoms with E-state index in [0.717, 1.165) is 41.5 Å². The van der Waals surface area contributed by atoms with E-state index in [0.29, 0.717) is 6.92 Å². The van der Waals surface area contributed by atoms with Crippen LogP contribution in [0.1, 0.15) is 48.5 Å².